The molecule has 0 atom stereocenters. The molecule has 1 heterocycles. The Balaban J connectivity index is 1.60. The van der Waals surface area contributed by atoms with Crippen LogP contribution >= 0.6 is 0 Å². The Kier molecular flexibility index (Phi) is 5.97. The van der Waals surface area contributed by atoms with Gasteiger partial charge in [-0.15, -0.1) is 0 Å². The van der Waals surface area contributed by atoms with E-state index in [9.17, 15) is 13.2 Å². The molecule has 1 aliphatic rings. The van der Waals surface area contributed by atoms with Crippen molar-refractivity contribution in [1.29, 1.82) is 0 Å². The highest BCUT2D eigenvalue weighted by molar-refractivity contribution is 7.89. The van der Waals surface area contributed by atoms with Gasteiger partial charge in [0.25, 0.3) is 0 Å². The van der Waals surface area contributed by atoms with Gasteiger partial charge in [0.05, 0.1) is 4.90 Å². The van der Waals surface area contributed by atoms with Crippen molar-refractivity contribution in [3.8, 4) is 0 Å². The molecule has 1 saturated heterocycles. The van der Waals surface area contributed by atoms with Crippen LogP contribution in [-0.4, -0.2) is 31.7 Å². The fourth-order valence-electron chi connectivity index (χ4n) is 3.29. The Morgan fingerprint density at radius 1 is 1.04 bits per heavy atom. The molecule has 0 radical (unpaired) electrons. The molecule has 0 unspecified atom stereocenters. The van der Waals surface area contributed by atoms with Crippen LogP contribution < -0.4 is 5.32 Å². The second-order valence-electron chi connectivity index (χ2n) is 7.03. The molecule has 0 aromatic heterocycles. The number of nitrogens with one attached hydrogen (secondary N) is 1. The lowest BCUT2D eigenvalue weighted by molar-refractivity contribution is -0.120. The van der Waals surface area contributed by atoms with Crippen LogP contribution in [0.2, 0.25) is 0 Å². The van der Waals surface area contributed by atoms with Crippen LogP contribution in [0.15, 0.2) is 53.4 Å². The first-order chi connectivity index (χ1) is 12.9. The molecule has 0 aliphatic carbocycles. The number of benzene rings is 2. The number of carbonyl (C=O) groups is 1. The van der Waals surface area contributed by atoms with Gasteiger partial charge in [-0.3, -0.25) is 4.79 Å². The molecule has 144 valence electrons. The highest BCUT2D eigenvalue weighted by atomic mass is 32.2. The van der Waals surface area contributed by atoms with Crippen LogP contribution in [0.25, 0.3) is 0 Å². The average molecular weight is 387 g/mol. The van der Waals surface area contributed by atoms with Gasteiger partial charge in [-0.05, 0) is 56.0 Å². The molecule has 1 amide bonds. The third-order valence-corrected chi connectivity index (χ3v) is 7.03. The molecule has 0 saturated carbocycles. The normalized spacial score (nSPS) is 16.2. The van der Waals surface area contributed by atoms with Gasteiger partial charge in [-0.1, -0.05) is 36.8 Å². The molecule has 0 spiro atoms. The van der Waals surface area contributed by atoms with Gasteiger partial charge in [0.15, 0.2) is 0 Å². The van der Waals surface area contributed by atoms with Crippen LogP contribution in [-0.2, 0) is 21.2 Å². The molecule has 2 aromatic rings. The fourth-order valence-corrected chi connectivity index (χ4v) is 4.76. The van der Waals surface area contributed by atoms with E-state index < -0.39 is 10.0 Å². The average Bonchev–Trinajstić information content (AvgIpc) is 2.70. The van der Waals surface area contributed by atoms with Crippen molar-refractivity contribution >= 4 is 21.6 Å². The molecular weight excluding hydrogens is 360 g/mol. The summed E-state index contributed by atoms with van der Waals surface area (Å²) >= 11 is 0. The fraction of sp³-hybridized carbons (Fsp3) is 0.381. The number of anilines is 1. The Hall–Kier alpha value is -2.18. The van der Waals surface area contributed by atoms with Crippen molar-refractivity contribution in [2.45, 2.75) is 38.0 Å². The van der Waals surface area contributed by atoms with Gasteiger partial charge in [0.2, 0.25) is 15.9 Å². The van der Waals surface area contributed by atoms with E-state index in [4.69, 9.17) is 0 Å². The van der Waals surface area contributed by atoms with Gasteiger partial charge in [-0.2, -0.15) is 4.31 Å². The summed E-state index contributed by atoms with van der Waals surface area (Å²) in [5.74, 6) is -0.205. The Morgan fingerprint density at radius 2 is 1.63 bits per heavy atom. The number of rotatable bonds is 5. The number of nitrogens with zero attached hydrogens (tertiary/aromatic N) is 1. The monoisotopic (exact) mass is 386 g/mol. The van der Waals surface area contributed by atoms with E-state index in [1.54, 1.807) is 12.1 Å². The van der Waals surface area contributed by atoms with Crippen molar-refractivity contribution in [1.82, 2.24) is 4.31 Å². The highest BCUT2D eigenvalue weighted by Crippen LogP contribution is 2.25. The summed E-state index contributed by atoms with van der Waals surface area (Å²) in [5, 5.41) is 2.93. The number of sulfonamides is 1. The van der Waals surface area contributed by atoms with E-state index in [2.05, 4.69) is 5.32 Å². The molecule has 3 rings (SSSR count). The molecule has 1 fully saturated rings. The first kappa shape index (κ1) is 19.6. The van der Waals surface area contributed by atoms with E-state index >= 15 is 0 Å². The number of piperidine rings is 1. The molecule has 27 heavy (non-hydrogen) atoms. The van der Waals surface area contributed by atoms with Crippen LogP contribution in [0, 0.1) is 12.8 Å². The summed E-state index contributed by atoms with van der Waals surface area (Å²) < 4.78 is 27.1. The van der Waals surface area contributed by atoms with E-state index in [1.807, 2.05) is 50.2 Å². The smallest absolute Gasteiger partial charge is 0.243 e. The lowest BCUT2D eigenvalue weighted by Crippen LogP contribution is -2.41. The van der Waals surface area contributed by atoms with Crippen molar-refractivity contribution in [3.05, 3.63) is 59.7 Å². The summed E-state index contributed by atoms with van der Waals surface area (Å²) in [7, 11) is -3.50. The van der Waals surface area contributed by atoms with Crippen molar-refractivity contribution in [3.63, 3.8) is 0 Å². The number of amides is 1. The molecule has 6 heteroatoms. The summed E-state index contributed by atoms with van der Waals surface area (Å²) in [4.78, 5) is 12.8. The van der Waals surface area contributed by atoms with Gasteiger partial charge in [-0.25, -0.2) is 8.42 Å². The molecule has 2 aromatic carbocycles. The number of aryl methyl sites for hydroxylation is 2. The van der Waals surface area contributed by atoms with Crippen LogP contribution in [0.5, 0.6) is 0 Å². The van der Waals surface area contributed by atoms with E-state index in [1.165, 1.54) is 4.31 Å². The van der Waals surface area contributed by atoms with Gasteiger partial charge in [0, 0.05) is 24.7 Å². The molecule has 1 aliphatic heterocycles. The molecular formula is C21H26N2O3S. The Labute approximate surface area is 161 Å². The first-order valence-electron chi connectivity index (χ1n) is 9.37. The quantitative estimate of drug-likeness (QED) is 0.854. The van der Waals surface area contributed by atoms with Crippen LogP contribution in [0.3, 0.4) is 0 Å². The van der Waals surface area contributed by atoms with E-state index in [0.29, 0.717) is 30.8 Å². The maximum absolute atomic E-state index is 12.8. The lowest BCUT2D eigenvalue weighted by atomic mass is 9.97. The van der Waals surface area contributed by atoms with E-state index in [-0.39, 0.29) is 11.8 Å². The van der Waals surface area contributed by atoms with Crippen molar-refractivity contribution < 1.29 is 13.2 Å². The number of hydrogen-bond donors (Lipinski definition) is 1. The van der Waals surface area contributed by atoms with Crippen LogP contribution in [0.4, 0.5) is 5.69 Å². The topological polar surface area (TPSA) is 66.5 Å². The van der Waals surface area contributed by atoms with Gasteiger partial charge < -0.3 is 5.32 Å². The maximum atomic E-state index is 12.8. The standard InChI is InChI=1S/C21H26N2O3S/c1-3-17-6-10-20(11-7-17)27(25,26)23-14-12-18(13-15-23)21(24)22-19-8-4-16(2)5-9-19/h4-11,18H,3,12-15H2,1-2H3,(H,22,24). The molecule has 5 nitrogen and oxygen atoms in total. The lowest BCUT2D eigenvalue weighted by Gasteiger charge is -2.30. The zero-order chi connectivity index (χ0) is 19.4. The van der Waals surface area contributed by atoms with Crippen LogP contribution in [0.1, 0.15) is 30.9 Å². The third-order valence-electron chi connectivity index (χ3n) is 5.11. The summed E-state index contributed by atoms with van der Waals surface area (Å²) in [5.41, 5.74) is 3.02. The summed E-state index contributed by atoms with van der Waals surface area (Å²) in [6.07, 6.45) is 1.94. The number of hydrogen-bond acceptors (Lipinski definition) is 3. The predicted molar refractivity (Wildman–Crippen MR) is 107 cm³/mol. The first-order valence-corrected chi connectivity index (χ1v) is 10.8. The zero-order valence-electron chi connectivity index (χ0n) is 15.8. The summed E-state index contributed by atoms with van der Waals surface area (Å²) in [6, 6.07) is 14.7. The maximum Gasteiger partial charge on any atom is 0.243 e. The second-order valence-corrected chi connectivity index (χ2v) is 8.97. The largest absolute Gasteiger partial charge is 0.326 e. The number of carbonyl (C=O) groups excluding carboxylic acids is 1. The second kappa shape index (κ2) is 8.23. The van der Waals surface area contributed by atoms with Gasteiger partial charge in [0.1, 0.15) is 0 Å². The highest BCUT2D eigenvalue weighted by Gasteiger charge is 2.32. The van der Waals surface area contributed by atoms with Crippen molar-refractivity contribution in [2.24, 2.45) is 5.92 Å². The molecule has 0 bridgehead atoms. The summed E-state index contributed by atoms with van der Waals surface area (Å²) in [6.45, 7) is 4.77. The predicted octanol–water partition coefficient (Wildman–Crippen LogP) is 3.60. The van der Waals surface area contributed by atoms with E-state index in [0.717, 1.165) is 23.2 Å². The Morgan fingerprint density at radius 3 is 2.19 bits per heavy atom. The SMILES string of the molecule is CCc1ccc(S(=O)(=O)N2CCC(C(=O)Nc3ccc(C)cc3)CC2)cc1. The Bertz CT molecular complexity index is 882. The van der Waals surface area contributed by atoms with Crippen molar-refractivity contribution in [2.75, 3.05) is 18.4 Å². The third kappa shape index (κ3) is 4.57. The minimum Gasteiger partial charge on any atom is -0.326 e. The molecule has 1 N–H and O–H groups in total. The minimum atomic E-state index is -3.50. The zero-order valence-corrected chi connectivity index (χ0v) is 16.6. The minimum absolute atomic E-state index is 0.0387. The van der Waals surface area contributed by atoms with Gasteiger partial charge >= 0.3 is 0 Å².